The van der Waals surface area contributed by atoms with Crippen LogP contribution < -0.4 is 5.73 Å². The van der Waals surface area contributed by atoms with Gasteiger partial charge in [0.15, 0.2) is 0 Å². The summed E-state index contributed by atoms with van der Waals surface area (Å²) in [5.41, 5.74) is 7.08. The van der Waals surface area contributed by atoms with Crippen molar-refractivity contribution in [3.8, 4) is 0 Å². The number of halogens is 1. The van der Waals surface area contributed by atoms with Crippen molar-refractivity contribution in [2.24, 2.45) is 5.73 Å². The van der Waals surface area contributed by atoms with Crippen LogP contribution in [0.2, 0.25) is 0 Å². The Labute approximate surface area is 117 Å². The molecule has 2 nitrogen and oxygen atoms in total. The lowest BCUT2D eigenvalue weighted by Crippen LogP contribution is -2.08. The van der Waals surface area contributed by atoms with Gasteiger partial charge in [-0.05, 0) is 34.5 Å². The third kappa shape index (κ3) is 3.15. The van der Waals surface area contributed by atoms with Crippen LogP contribution in [0.5, 0.6) is 0 Å². The van der Waals surface area contributed by atoms with Gasteiger partial charge in [-0.15, -0.1) is 0 Å². The predicted octanol–water partition coefficient (Wildman–Crippen LogP) is 5.17. The van der Waals surface area contributed by atoms with Crippen molar-refractivity contribution < 1.29 is 4.42 Å². The van der Waals surface area contributed by atoms with E-state index in [1.807, 2.05) is 12.1 Å². The molecule has 1 unspecified atom stereocenters. The zero-order chi connectivity index (χ0) is 13.0. The third-order valence-corrected chi connectivity index (χ3v) is 3.87. The molecule has 18 heavy (non-hydrogen) atoms. The van der Waals surface area contributed by atoms with Gasteiger partial charge in [0.2, 0.25) is 0 Å². The first-order valence-electron chi connectivity index (χ1n) is 6.66. The van der Waals surface area contributed by atoms with E-state index in [0.717, 1.165) is 27.6 Å². The molecule has 0 radical (unpaired) electrons. The number of furan rings is 1. The number of unbranched alkanes of at least 4 members (excludes halogenated alkanes) is 3. The van der Waals surface area contributed by atoms with Crippen LogP contribution in [-0.4, -0.2) is 0 Å². The lowest BCUT2D eigenvalue weighted by atomic mass is 10.1. The van der Waals surface area contributed by atoms with E-state index in [1.165, 1.54) is 25.7 Å². The molecule has 0 aliphatic rings. The largest absolute Gasteiger partial charge is 0.458 e. The molecule has 98 valence electrons. The number of hydrogen-bond acceptors (Lipinski definition) is 2. The van der Waals surface area contributed by atoms with Crippen molar-refractivity contribution in [2.75, 3.05) is 0 Å². The van der Waals surface area contributed by atoms with Crippen molar-refractivity contribution in [1.29, 1.82) is 0 Å². The van der Waals surface area contributed by atoms with Crippen LogP contribution >= 0.6 is 15.9 Å². The molecule has 2 rings (SSSR count). The first-order valence-corrected chi connectivity index (χ1v) is 7.45. The summed E-state index contributed by atoms with van der Waals surface area (Å²) in [4.78, 5) is 0. The topological polar surface area (TPSA) is 39.2 Å². The maximum Gasteiger partial charge on any atom is 0.148 e. The van der Waals surface area contributed by atoms with Gasteiger partial charge >= 0.3 is 0 Å². The fourth-order valence-corrected chi connectivity index (χ4v) is 2.63. The highest BCUT2D eigenvalue weighted by Gasteiger charge is 2.12. The predicted molar refractivity (Wildman–Crippen MR) is 79.6 cm³/mol. The van der Waals surface area contributed by atoms with E-state index in [4.69, 9.17) is 10.2 Å². The van der Waals surface area contributed by atoms with Crippen molar-refractivity contribution in [3.05, 3.63) is 34.5 Å². The summed E-state index contributed by atoms with van der Waals surface area (Å²) in [7, 11) is 0. The maximum absolute atomic E-state index is 6.18. The quantitative estimate of drug-likeness (QED) is 0.748. The Balaban J connectivity index is 2.04. The van der Waals surface area contributed by atoms with Gasteiger partial charge in [0.05, 0.1) is 10.5 Å². The Kier molecular flexibility index (Phi) is 4.84. The number of para-hydroxylation sites is 1. The van der Waals surface area contributed by atoms with Gasteiger partial charge in [0.25, 0.3) is 0 Å². The van der Waals surface area contributed by atoms with Gasteiger partial charge in [-0.2, -0.15) is 0 Å². The fraction of sp³-hybridized carbons (Fsp3) is 0.467. The SMILES string of the molecule is CCCCCCC(N)c1cc2cccc(Br)c2o1. The Morgan fingerprint density at radius 3 is 2.83 bits per heavy atom. The molecule has 0 saturated heterocycles. The second-order valence-corrected chi connectivity index (χ2v) is 5.62. The van der Waals surface area contributed by atoms with E-state index < -0.39 is 0 Å². The molecule has 1 aromatic carbocycles. The summed E-state index contributed by atoms with van der Waals surface area (Å²) in [6, 6.07) is 8.13. The maximum atomic E-state index is 6.18. The summed E-state index contributed by atoms with van der Waals surface area (Å²) in [6.07, 6.45) is 5.98. The minimum atomic E-state index is 0.0150. The minimum absolute atomic E-state index is 0.0150. The van der Waals surface area contributed by atoms with E-state index in [-0.39, 0.29) is 6.04 Å². The first-order chi connectivity index (χ1) is 8.72. The van der Waals surface area contributed by atoms with Crippen LogP contribution in [0.3, 0.4) is 0 Å². The second kappa shape index (κ2) is 6.39. The van der Waals surface area contributed by atoms with Gasteiger partial charge < -0.3 is 10.2 Å². The summed E-state index contributed by atoms with van der Waals surface area (Å²) in [5, 5.41) is 1.11. The van der Waals surface area contributed by atoms with Gasteiger partial charge in [0.1, 0.15) is 11.3 Å². The van der Waals surface area contributed by atoms with Crippen LogP contribution in [0.15, 0.2) is 33.2 Å². The number of hydrogen-bond donors (Lipinski definition) is 1. The van der Waals surface area contributed by atoms with E-state index in [1.54, 1.807) is 0 Å². The van der Waals surface area contributed by atoms with Crippen molar-refractivity contribution in [3.63, 3.8) is 0 Å². The molecule has 0 bridgehead atoms. The van der Waals surface area contributed by atoms with Gasteiger partial charge in [-0.1, -0.05) is 44.7 Å². The summed E-state index contributed by atoms with van der Waals surface area (Å²) in [5.74, 6) is 0.897. The van der Waals surface area contributed by atoms with E-state index in [2.05, 4.69) is 35.0 Å². The molecule has 1 aromatic heterocycles. The monoisotopic (exact) mass is 309 g/mol. The molecule has 1 heterocycles. The van der Waals surface area contributed by atoms with Crippen LogP contribution in [0.1, 0.15) is 50.8 Å². The minimum Gasteiger partial charge on any atom is -0.458 e. The Morgan fingerprint density at radius 1 is 1.28 bits per heavy atom. The standard InChI is InChI=1S/C15H20BrNO/c1-2-3-4-5-9-13(17)14-10-11-7-6-8-12(16)15(11)18-14/h6-8,10,13H,2-5,9,17H2,1H3. The molecule has 0 fully saturated rings. The Bertz CT molecular complexity index is 506. The number of nitrogens with two attached hydrogens (primary N) is 1. The summed E-state index contributed by atoms with van der Waals surface area (Å²) < 4.78 is 6.84. The number of rotatable bonds is 6. The molecule has 2 aromatic rings. The number of benzene rings is 1. The molecular formula is C15H20BrNO. The van der Waals surface area contributed by atoms with Gasteiger partial charge in [-0.25, -0.2) is 0 Å². The van der Waals surface area contributed by atoms with E-state index in [0.29, 0.717) is 0 Å². The second-order valence-electron chi connectivity index (χ2n) is 4.76. The van der Waals surface area contributed by atoms with Crippen molar-refractivity contribution in [1.82, 2.24) is 0 Å². The molecule has 2 N–H and O–H groups in total. The van der Waals surface area contributed by atoms with E-state index in [9.17, 15) is 0 Å². The molecule has 0 aliphatic heterocycles. The highest BCUT2D eigenvalue weighted by Crippen LogP contribution is 2.30. The normalized spacial score (nSPS) is 13.1. The van der Waals surface area contributed by atoms with Crippen LogP contribution in [-0.2, 0) is 0 Å². The molecule has 0 aliphatic carbocycles. The molecule has 0 amide bonds. The Morgan fingerprint density at radius 2 is 2.11 bits per heavy atom. The Hall–Kier alpha value is -0.800. The summed E-state index contributed by atoms with van der Waals surface area (Å²) in [6.45, 7) is 2.22. The highest BCUT2D eigenvalue weighted by molar-refractivity contribution is 9.10. The van der Waals surface area contributed by atoms with E-state index >= 15 is 0 Å². The molecule has 0 spiro atoms. The molecule has 1 atom stereocenters. The van der Waals surface area contributed by atoms with Crippen LogP contribution in [0, 0.1) is 0 Å². The smallest absolute Gasteiger partial charge is 0.148 e. The average molecular weight is 310 g/mol. The molecular weight excluding hydrogens is 290 g/mol. The molecule has 0 saturated carbocycles. The fourth-order valence-electron chi connectivity index (χ4n) is 2.16. The lowest BCUT2D eigenvalue weighted by molar-refractivity contribution is 0.460. The van der Waals surface area contributed by atoms with Crippen LogP contribution in [0.4, 0.5) is 0 Å². The number of fused-ring (bicyclic) bond motifs is 1. The van der Waals surface area contributed by atoms with Crippen molar-refractivity contribution >= 4 is 26.9 Å². The zero-order valence-corrected chi connectivity index (χ0v) is 12.4. The van der Waals surface area contributed by atoms with Crippen molar-refractivity contribution in [2.45, 2.75) is 45.1 Å². The van der Waals surface area contributed by atoms with Crippen LogP contribution in [0.25, 0.3) is 11.0 Å². The van der Waals surface area contributed by atoms with Gasteiger partial charge in [0, 0.05) is 5.39 Å². The third-order valence-electron chi connectivity index (χ3n) is 3.25. The highest BCUT2D eigenvalue weighted by atomic mass is 79.9. The molecule has 3 heteroatoms. The average Bonchev–Trinajstić information content (AvgIpc) is 2.80. The lowest BCUT2D eigenvalue weighted by Gasteiger charge is -2.07. The van der Waals surface area contributed by atoms with Gasteiger partial charge in [-0.3, -0.25) is 0 Å². The summed E-state index contributed by atoms with van der Waals surface area (Å²) >= 11 is 3.50. The first kappa shape index (κ1) is 13.6. The zero-order valence-electron chi connectivity index (χ0n) is 10.8.